The fraction of sp³-hybridized carbons (Fsp3) is 0.818. The fourth-order valence-electron chi connectivity index (χ4n) is 2.10. The number of carbonyl (C=O) groups excluding carboxylic acids is 1. The Balaban J connectivity index is 2.56. The first-order valence-electron chi connectivity index (χ1n) is 5.54. The molecule has 3 heteroatoms. The van der Waals surface area contributed by atoms with Gasteiger partial charge in [0.15, 0.2) is 5.78 Å². The van der Waals surface area contributed by atoms with Crippen molar-refractivity contribution in [2.45, 2.75) is 51.9 Å². The molecular formula is C11H19NO2. The number of oxime groups is 1. The zero-order valence-corrected chi connectivity index (χ0v) is 8.83. The molecule has 1 aliphatic carbocycles. The molecule has 0 aliphatic heterocycles. The molecule has 0 amide bonds. The summed E-state index contributed by atoms with van der Waals surface area (Å²) in [6.07, 6.45) is 6.91. The van der Waals surface area contributed by atoms with Gasteiger partial charge in [-0.25, -0.2) is 0 Å². The lowest BCUT2D eigenvalue weighted by Gasteiger charge is -2.21. The van der Waals surface area contributed by atoms with E-state index in [9.17, 15) is 4.79 Å². The Morgan fingerprint density at radius 3 is 2.50 bits per heavy atom. The minimum atomic E-state index is 0.0295. The largest absolute Gasteiger partial charge is 0.411 e. The molecule has 0 aromatic heterocycles. The van der Waals surface area contributed by atoms with Crippen LogP contribution < -0.4 is 0 Å². The summed E-state index contributed by atoms with van der Waals surface area (Å²) in [5.74, 6) is 0.245. The molecule has 0 radical (unpaired) electrons. The average Bonchev–Trinajstić information content (AvgIpc) is 2.21. The van der Waals surface area contributed by atoms with Gasteiger partial charge in [0.1, 0.15) is 5.71 Å². The van der Waals surface area contributed by atoms with Gasteiger partial charge in [0.05, 0.1) is 0 Å². The SMILES string of the molecule is CCCC(=O)C(=NO)C1CCCCC1. The number of hydrogen-bond donors (Lipinski definition) is 1. The van der Waals surface area contributed by atoms with Crippen molar-refractivity contribution in [3.8, 4) is 0 Å². The molecule has 1 N–H and O–H groups in total. The predicted molar refractivity (Wildman–Crippen MR) is 55.7 cm³/mol. The lowest BCUT2D eigenvalue weighted by molar-refractivity contribution is -0.113. The molecule has 0 heterocycles. The van der Waals surface area contributed by atoms with Crippen molar-refractivity contribution in [2.24, 2.45) is 11.1 Å². The van der Waals surface area contributed by atoms with E-state index in [1.54, 1.807) is 0 Å². The maximum atomic E-state index is 11.6. The van der Waals surface area contributed by atoms with Gasteiger partial charge in [-0.05, 0) is 19.3 Å². The summed E-state index contributed by atoms with van der Waals surface area (Å²) in [4.78, 5) is 11.6. The smallest absolute Gasteiger partial charge is 0.180 e. The second-order valence-corrected chi connectivity index (χ2v) is 3.99. The molecule has 1 rings (SSSR count). The predicted octanol–water partition coefficient (Wildman–Crippen LogP) is 2.77. The van der Waals surface area contributed by atoms with Crippen LogP contribution in [0.1, 0.15) is 51.9 Å². The van der Waals surface area contributed by atoms with Crippen molar-refractivity contribution in [3.05, 3.63) is 0 Å². The van der Waals surface area contributed by atoms with E-state index in [1.165, 1.54) is 6.42 Å². The summed E-state index contributed by atoms with van der Waals surface area (Å²) in [5.41, 5.74) is 0.423. The van der Waals surface area contributed by atoms with Gasteiger partial charge < -0.3 is 5.21 Å². The van der Waals surface area contributed by atoms with Crippen LogP contribution in [-0.4, -0.2) is 16.7 Å². The zero-order chi connectivity index (χ0) is 10.4. The van der Waals surface area contributed by atoms with Gasteiger partial charge in [0, 0.05) is 12.3 Å². The van der Waals surface area contributed by atoms with Gasteiger partial charge in [0.2, 0.25) is 0 Å². The molecule has 1 saturated carbocycles. The lowest BCUT2D eigenvalue weighted by atomic mass is 9.84. The van der Waals surface area contributed by atoms with Crippen LogP contribution in [0.25, 0.3) is 0 Å². The molecule has 1 fully saturated rings. The lowest BCUT2D eigenvalue weighted by Crippen LogP contribution is -2.25. The first-order valence-corrected chi connectivity index (χ1v) is 5.54. The maximum absolute atomic E-state index is 11.6. The van der Waals surface area contributed by atoms with Crippen LogP contribution in [0.3, 0.4) is 0 Å². The Morgan fingerprint density at radius 1 is 1.36 bits per heavy atom. The summed E-state index contributed by atoms with van der Waals surface area (Å²) in [5, 5.41) is 12.0. The molecule has 3 nitrogen and oxygen atoms in total. The van der Waals surface area contributed by atoms with Crippen LogP contribution in [-0.2, 0) is 4.79 Å². The van der Waals surface area contributed by atoms with Gasteiger partial charge in [0.25, 0.3) is 0 Å². The van der Waals surface area contributed by atoms with Crippen molar-refractivity contribution < 1.29 is 10.0 Å². The molecule has 0 bridgehead atoms. The number of Topliss-reactive ketones (excluding diaryl/α,β-unsaturated/α-hetero) is 1. The van der Waals surface area contributed by atoms with Crippen molar-refractivity contribution in [2.75, 3.05) is 0 Å². The van der Waals surface area contributed by atoms with Crippen LogP contribution in [0, 0.1) is 5.92 Å². The summed E-state index contributed by atoms with van der Waals surface area (Å²) < 4.78 is 0. The molecule has 0 spiro atoms. The second-order valence-electron chi connectivity index (χ2n) is 3.99. The first-order chi connectivity index (χ1) is 6.79. The molecular weight excluding hydrogens is 178 g/mol. The maximum Gasteiger partial charge on any atom is 0.180 e. The van der Waals surface area contributed by atoms with E-state index < -0.39 is 0 Å². The third-order valence-electron chi connectivity index (χ3n) is 2.86. The third-order valence-corrected chi connectivity index (χ3v) is 2.86. The van der Waals surface area contributed by atoms with Crippen molar-refractivity contribution in [1.29, 1.82) is 0 Å². The molecule has 0 saturated heterocycles. The summed E-state index contributed by atoms with van der Waals surface area (Å²) in [7, 11) is 0. The Kier molecular flexibility index (Phi) is 4.63. The number of rotatable bonds is 4. The molecule has 0 atom stereocenters. The Bertz CT molecular complexity index is 217. The zero-order valence-electron chi connectivity index (χ0n) is 8.83. The standard InChI is InChI=1S/C11H19NO2/c1-2-6-10(13)11(12-14)9-7-4-3-5-8-9/h9,14H,2-8H2,1H3. The third kappa shape index (κ3) is 2.82. The molecule has 1 aliphatic rings. The van der Waals surface area contributed by atoms with Gasteiger partial charge in [-0.1, -0.05) is 31.3 Å². The molecule has 80 valence electrons. The number of carbonyl (C=O) groups is 1. The van der Waals surface area contributed by atoms with E-state index in [4.69, 9.17) is 5.21 Å². The highest BCUT2D eigenvalue weighted by molar-refractivity contribution is 6.40. The van der Waals surface area contributed by atoms with E-state index >= 15 is 0 Å². The molecule has 14 heavy (non-hydrogen) atoms. The summed E-state index contributed by atoms with van der Waals surface area (Å²) in [6, 6.07) is 0. The van der Waals surface area contributed by atoms with E-state index in [1.807, 2.05) is 6.92 Å². The van der Waals surface area contributed by atoms with Crippen molar-refractivity contribution in [3.63, 3.8) is 0 Å². The van der Waals surface area contributed by atoms with Gasteiger partial charge in [-0.15, -0.1) is 0 Å². The normalized spacial score (nSPS) is 19.6. The summed E-state index contributed by atoms with van der Waals surface area (Å²) in [6.45, 7) is 1.97. The molecule has 0 aromatic rings. The highest BCUT2D eigenvalue weighted by atomic mass is 16.4. The molecule has 0 aromatic carbocycles. The van der Waals surface area contributed by atoms with Crippen LogP contribution in [0.5, 0.6) is 0 Å². The van der Waals surface area contributed by atoms with E-state index in [-0.39, 0.29) is 11.7 Å². The van der Waals surface area contributed by atoms with Gasteiger partial charge in [-0.3, -0.25) is 4.79 Å². The van der Waals surface area contributed by atoms with Gasteiger partial charge >= 0.3 is 0 Å². The first kappa shape index (κ1) is 11.2. The minimum Gasteiger partial charge on any atom is -0.411 e. The average molecular weight is 197 g/mol. The highest BCUT2D eigenvalue weighted by Gasteiger charge is 2.24. The fourth-order valence-corrected chi connectivity index (χ4v) is 2.10. The summed E-state index contributed by atoms with van der Waals surface area (Å²) >= 11 is 0. The number of hydrogen-bond acceptors (Lipinski definition) is 3. The van der Waals surface area contributed by atoms with Crippen LogP contribution >= 0.6 is 0 Å². The number of ketones is 1. The van der Waals surface area contributed by atoms with Crippen molar-refractivity contribution in [1.82, 2.24) is 0 Å². The highest BCUT2D eigenvalue weighted by Crippen LogP contribution is 2.25. The molecule has 0 unspecified atom stereocenters. The van der Waals surface area contributed by atoms with Crippen LogP contribution in [0.2, 0.25) is 0 Å². The second kappa shape index (κ2) is 5.78. The Morgan fingerprint density at radius 2 is 2.00 bits per heavy atom. The Hall–Kier alpha value is -0.860. The van der Waals surface area contributed by atoms with E-state index in [2.05, 4.69) is 5.16 Å². The van der Waals surface area contributed by atoms with Gasteiger partial charge in [-0.2, -0.15) is 0 Å². The monoisotopic (exact) mass is 197 g/mol. The minimum absolute atomic E-state index is 0.0295. The number of nitrogens with zero attached hydrogens (tertiary/aromatic N) is 1. The van der Waals surface area contributed by atoms with E-state index in [0.717, 1.165) is 32.1 Å². The Labute approximate surface area is 85.2 Å². The topological polar surface area (TPSA) is 49.7 Å². The quantitative estimate of drug-likeness (QED) is 0.428. The van der Waals surface area contributed by atoms with Crippen LogP contribution in [0.15, 0.2) is 5.16 Å². The van der Waals surface area contributed by atoms with Crippen LogP contribution in [0.4, 0.5) is 0 Å². The van der Waals surface area contributed by atoms with Crippen molar-refractivity contribution >= 4 is 11.5 Å². The van der Waals surface area contributed by atoms with E-state index in [0.29, 0.717) is 12.1 Å².